The number of H-pyrrole nitrogens is 1. The van der Waals surface area contributed by atoms with Crippen LogP contribution in [0.3, 0.4) is 0 Å². The van der Waals surface area contributed by atoms with Crippen LogP contribution in [0.4, 0.5) is 11.5 Å². The lowest BCUT2D eigenvalue weighted by Gasteiger charge is -2.42. The van der Waals surface area contributed by atoms with Crippen LogP contribution in [-0.4, -0.2) is 73.9 Å². The van der Waals surface area contributed by atoms with Crippen LogP contribution in [0.15, 0.2) is 79.1 Å². The number of nitrogens with two attached hydrogens (primary N) is 1. The van der Waals surface area contributed by atoms with Crippen LogP contribution in [-0.2, 0) is 6.42 Å². The number of benzene rings is 3. The van der Waals surface area contributed by atoms with Gasteiger partial charge in [-0.3, -0.25) is 4.90 Å². The number of ether oxygens (including phenoxy) is 1. The summed E-state index contributed by atoms with van der Waals surface area (Å²) in [6, 6.07) is 25.9. The van der Waals surface area contributed by atoms with Crippen molar-refractivity contribution in [2.24, 2.45) is 0 Å². The maximum Gasteiger partial charge on any atom is 0.164 e. The van der Waals surface area contributed by atoms with E-state index in [2.05, 4.69) is 73.0 Å². The molecule has 234 valence electrons. The summed E-state index contributed by atoms with van der Waals surface area (Å²) < 4.78 is 7.67. The zero-order valence-corrected chi connectivity index (χ0v) is 26.1. The van der Waals surface area contributed by atoms with Crippen molar-refractivity contribution in [3.05, 3.63) is 90.5 Å². The molecule has 0 amide bonds. The summed E-state index contributed by atoms with van der Waals surface area (Å²) in [5, 5.41) is 6.01. The largest absolute Gasteiger partial charge is 0.496 e. The minimum Gasteiger partial charge on any atom is -0.496 e. The molecule has 3 N–H and O–H groups in total. The van der Waals surface area contributed by atoms with Gasteiger partial charge in [0, 0.05) is 55.5 Å². The Morgan fingerprint density at radius 2 is 1.63 bits per heavy atom. The SMILES string of the molecule is COc1ccccc1Cc1nc2ccc(-c3nn([C@H]4CC[C@@H](N5CCN(c6ccccc6)CC5)CC4)c4ncnc(N)c34)cc2[nH]1. The Bertz CT molecular complexity index is 1970. The summed E-state index contributed by atoms with van der Waals surface area (Å²) in [6.07, 6.45) is 6.65. The van der Waals surface area contributed by atoms with Crippen molar-refractivity contribution in [2.45, 2.75) is 44.2 Å². The van der Waals surface area contributed by atoms with Crippen molar-refractivity contribution in [1.29, 1.82) is 0 Å². The average Bonchev–Trinajstić information content (AvgIpc) is 3.71. The van der Waals surface area contributed by atoms with Gasteiger partial charge < -0.3 is 20.4 Å². The van der Waals surface area contributed by atoms with Crippen LogP contribution < -0.4 is 15.4 Å². The van der Waals surface area contributed by atoms with E-state index in [4.69, 9.17) is 25.5 Å². The van der Waals surface area contributed by atoms with E-state index in [1.54, 1.807) is 13.4 Å². The quantitative estimate of drug-likeness (QED) is 0.230. The van der Waals surface area contributed by atoms with Crippen molar-refractivity contribution in [1.82, 2.24) is 34.6 Å². The number of nitrogen functional groups attached to an aromatic ring is 1. The molecular weight excluding hydrogens is 574 g/mol. The fraction of sp³-hybridized carbons (Fsp3) is 0.333. The van der Waals surface area contributed by atoms with Gasteiger partial charge in [-0.15, -0.1) is 0 Å². The third-order valence-corrected chi connectivity index (χ3v) is 9.84. The second kappa shape index (κ2) is 12.1. The number of nitrogens with zero attached hydrogens (tertiary/aromatic N) is 7. The van der Waals surface area contributed by atoms with Crippen molar-refractivity contribution in [3.8, 4) is 17.0 Å². The molecule has 46 heavy (non-hydrogen) atoms. The van der Waals surface area contributed by atoms with Gasteiger partial charge in [-0.1, -0.05) is 42.5 Å². The Hall–Kier alpha value is -4.96. The number of aromatic amines is 1. The molecule has 1 saturated carbocycles. The molecule has 0 spiro atoms. The number of para-hydroxylation sites is 2. The fourth-order valence-corrected chi connectivity index (χ4v) is 7.43. The smallest absolute Gasteiger partial charge is 0.164 e. The van der Waals surface area contributed by atoms with Crippen molar-refractivity contribution < 1.29 is 4.74 Å². The molecule has 3 aromatic heterocycles. The minimum atomic E-state index is 0.274. The molecule has 1 saturated heterocycles. The Morgan fingerprint density at radius 1 is 0.870 bits per heavy atom. The highest BCUT2D eigenvalue weighted by atomic mass is 16.5. The lowest BCUT2D eigenvalue weighted by Crippen LogP contribution is -2.51. The summed E-state index contributed by atoms with van der Waals surface area (Å²) in [5.41, 5.74) is 13.4. The van der Waals surface area contributed by atoms with Crippen molar-refractivity contribution in [3.63, 3.8) is 0 Å². The van der Waals surface area contributed by atoms with E-state index >= 15 is 0 Å². The number of hydrogen-bond donors (Lipinski definition) is 2. The van der Waals surface area contributed by atoms with Gasteiger partial charge in [0.1, 0.15) is 29.4 Å². The normalized spacial score (nSPS) is 19.2. The molecule has 0 bridgehead atoms. The number of imidazole rings is 1. The van der Waals surface area contributed by atoms with Crippen LogP contribution in [0.25, 0.3) is 33.3 Å². The fourth-order valence-electron chi connectivity index (χ4n) is 7.43. The Balaban J connectivity index is 1.01. The van der Waals surface area contributed by atoms with E-state index in [9.17, 15) is 0 Å². The van der Waals surface area contributed by atoms with Gasteiger partial charge in [0.2, 0.25) is 0 Å². The lowest BCUT2D eigenvalue weighted by molar-refractivity contribution is 0.129. The molecule has 1 aliphatic carbocycles. The third kappa shape index (κ3) is 5.32. The maximum absolute atomic E-state index is 6.49. The van der Waals surface area contributed by atoms with E-state index in [0.29, 0.717) is 18.3 Å². The van der Waals surface area contributed by atoms with Crippen LogP contribution in [0.2, 0.25) is 0 Å². The van der Waals surface area contributed by atoms with Crippen molar-refractivity contribution in [2.75, 3.05) is 43.9 Å². The third-order valence-electron chi connectivity index (χ3n) is 9.84. The van der Waals surface area contributed by atoms with Crippen LogP contribution in [0.1, 0.15) is 43.1 Å². The number of aromatic nitrogens is 6. The molecular formula is C36H39N9O. The van der Waals surface area contributed by atoms with Gasteiger partial charge in [-0.05, 0) is 56.0 Å². The second-order valence-electron chi connectivity index (χ2n) is 12.5. The molecule has 1 aliphatic heterocycles. The Labute approximate surface area is 268 Å². The van der Waals surface area contributed by atoms with Crippen molar-refractivity contribution >= 4 is 33.6 Å². The van der Waals surface area contributed by atoms with Crippen LogP contribution in [0.5, 0.6) is 5.75 Å². The molecule has 10 heteroatoms. The molecule has 3 aromatic carbocycles. The second-order valence-corrected chi connectivity index (χ2v) is 12.5. The highest BCUT2D eigenvalue weighted by Crippen LogP contribution is 2.38. The molecule has 0 radical (unpaired) electrons. The summed E-state index contributed by atoms with van der Waals surface area (Å²) in [6.45, 7) is 4.38. The molecule has 2 fully saturated rings. The van der Waals surface area contributed by atoms with Crippen LogP contribution in [0, 0.1) is 0 Å². The summed E-state index contributed by atoms with van der Waals surface area (Å²) in [7, 11) is 1.70. The molecule has 0 unspecified atom stereocenters. The first-order valence-electron chi connectivity index (χ1n) is 16.3. The minimum absolute atomic E-state index is 0.274. The van der Waals surface area contributed by atoms with Gasteiger partial charge in [0.05, 0.1) is 29.6 Å². The van der Waals surface area contributed by atoms with Gasteiger partial charge in [0.25, 0.3) is 0 Å². The molecule has 0 atom stereocenters. The topological polar surface area (TPSA) is 114 Å². The number of fused-ring (bicyclic) bond motifs is 2. The Kier molecular flexibility index (Phi) is 7.49. The van der Waals surface area contributed by atoms with Gasteiger partial charge in [-0.2, -0.15) is 5.10 Å². The predicted molar refractivity (Wildman–Crippen MR) is 182 cm³/mol. The highest BCUT2D eigenvalue weighted by molar-refractivity contribution is 5.99. The molecule has 2 aliphatic rings. The zero-order chi connectivity index (χ0) is 31.0. The van der Waals surface area contributed by atoms with Gasteiger partial charge >= 0.3 is 0 Å². The summed E-state index contributed by atoms with van der Waals surface area (Å²) >= 11 is 0. The molecule has 4 heterocycles. The van der Waals surface area contributed by atoms with Gasteiger partial charge in [0.15, 0.2) is 5.65 Å². The number of nitrogens with one attached hydrogen (secondary N) is 1. The van der Waals surface area contributed by atoms with E-state index in [1.165, 1.54) is 5.69 Å². The predicted octanol–water partition coefficient (Wildman–Crippen LogP) is 5.86. The highest BCUT2D eigenvalue weighted by Gasteiger charge is 2.31. The molecule has 6 aromatic rings. The van der Waals surface area contributed by atoms with E-state index < -0.39 is 0 Å². The Morgan fingerprint density at radius 3 is 2.43 bits per heavy atom. The molecule has 10 nitrogen and oxygen atoms in total. The van der Waals surface area contributed by atoms with Gasteiger partial charge in [-0.25, -0.2) is 19.6 Å². The first-order chi connectivity index (χ1) is 22.6. The number of piperazine rings is 1. The zero-order valence-electron chi connectivity index (χ0n) is 26.1. The summed E-state index contributed by atoms with van der Waals surface area (Å²) in [5.74, 6) is 2.20. The standard InChI is InChI=1S/C36H39N9O/c1-46-31-10-6-5-7-24(31)22-32-40-29-16-11-25(21-30(29)41-32)34-33-35(37)38-23-39-36(33)45(42-34)28-14-12-27(13-15-28)44-19-17-43(18-20-44)26-8-3-2-4-9-26/h2-11,16,21,23,27-28H,12-15,17-20,22H2,1H3,(H,40,41)(H2,37,38,39)/t27-,28+. The first-order valence-corrected chi connectivity index (χ1v) is 16.3. The van der Waals surface area contributed by atoms with E-state index in [1.807, 2.05) is 24.3 Å². The monoisotopic (exact) mass is 613 g/mol. The van der Waals surface area contributed by atoms with Crippen LogP contribution >= 0.6 is 0 Å². The van der Waals surface area contributed by atoms with E-state index in [0.717, 1.165) is 102 Å². The number of methoxy groups -OCH3 is 1. The first kappa shape index (κ1) is 28.5. The number of anilines is 2. The number of hydrogen-bond acceptors (Lipinski definition) is 8. The maximum atomic E-state index is 6.49. The van der Waals surface area contributed by atoms with E-state index in [-0.39, 0.29) is 6.04 Å². The lowest BCUT2D eigenvalue weighted by atomic mass is 9.90. The summed E-state index contributed by atoms with van der Waals surface area (Å²) in [4.78, 5) is 22.6. The molecule has 8 rings (SSSR count). The number of rotatable bonds is 7. The average molecular weight is 614 g/mol.